The fraction of sp³-hybridized carbons (Fsp3) is 0.333. The lowest BCUT2D eigenvalue weighted by Gasteiger charge is -2.10. The van der Waals surface area contributed by atoms with Crippen LogP contribution >= 0.6 is 11.3 Å². The van der Waals surface area contributed by atoms with Crippen molar-refractivity contribution < 1.29 is 23.9 Å². The molecule has 0 saturated carbocycles. The quantitative estimate of drug-likeness (QED) is 0.486. The molecule has 0 spiro atoms. The highest BCUT2D eigenvalue weighted by Crippen LogP contribution is 2.31. The van der Waals surface area contributed by atoms with Crippen molar-refractivity contribution in [2.24, 2.45) is 5.92 Å². The summed E-state index contributed by atoms with van der Waals surface area (Å²) in [4.78, 5) is 37.0. The molecule has 0 saturated heterocycles. The van der Waals surface area contributed by atoms with Crippen molar-refractivity contribution >= 4 is 34.2 Å². The van der Waals surface area contributed by atoms with Crippen molar-refractivity contribution in [1.29, 1.82) is 0 Å². The maximum absolute atomic E-state index is 12.4. The van der Waals surface area contributed by atoms with E-state index in [1.165, 1.54) is 22.3 Å². The lowest BCUT2D eigenvalue weighted by Crippen LogP contribution is -2.22. The predicted octanol–water partition coefficient (Wildman–Crippen LogP) is 2.89. The minimum absolute atomic E-state index is 0.229. The van der Waals surface area contributed by atoms with E-state index in [1.807, 2.05) is 19.2 Å². The highest BCUT2D eigenvalue weighted by molar-refractivity contribution is 7.15. The van der Waals surface area contributed by atoms with E-state index in [9.17, 15) is 14.4 Å². The molecule has 10 nitrogen and oxygen atoms in total. The molecule has 168 valence electrons. The zero-order chi connectivity index (χ0) is 23.1. The van der Waals surface area contributed by atoms with Crippen LogP contribution in [0.15, 0.2) is 36.0 Å². The maximum atomic E-state index is 12.4. The number of nitrogens with zero attached hydrogens (tertiary/aromatic N) is 4. The average Bonchev–Trinajstić information content (AvgIpc) is 3.42. The van der Waals surface area contributed by atoms with Gasteiger partial charge in [0.05, 0.1) is 23.4 Å². The summed E-state index contributed by atoms with van der Waals surface area (Å²) < 4.78 is 11.7. The molecule has 1 aromatic carbocycles. The van der Waals surface area contributed by atoms with Crippen LogP contribution in [0.3, 0.4) is 0 Å². The number of amides is 1. The van der Waals surface area contributed by atoms with Gasteiger partial charge in [-0.15, -0.1) is 16.4 Å². The van der Waals surface area contributed by atoms with Crippen LogP contribution < -0.4 is 5.32 Å². The molecule has 3 rings (SSSR count). The Labute approximate surface area is 188 Å². The van der Waals surface area contributed by atoms with Crippen molar-refractivity contribution in [3.63, 3.8) is 0 Å². The van der Waals surface area contributed by atoms with E-state index < -0.39 is 24.5 Å². The highest BCUT2D eigenvalue weighted by atomic mass is 32.1. The summed E-state index contributed by atoms with van der Waals surface area (Å²) in [7, 11) is 0. The topological polar surface area (TPSA) is 125 Å². The van der Waals surface area contributed by atoms with Gasteiger partial charge >= 0.3 is 11.9 Å². The normalized spacial score (nSPS) is 10.8. The van der Waals surface area contributed by atoms with Gasteiger partial charge in [-0.3, -0.25) is 4.79 Å². The van der Waals surface area contributed by atoms with Gasteiger partial charge in [-0.25, -0.2) is 14.3 Å². The Kier molecular flexibility index (Phi) is 7.66. The zero-order valence-electron chi connectivity index (χ0n) is 17.9. The number of esters is 2. The molecule has 0 bridgehead atoms. The predicted molar refractivity (Wildman–Crippen MR) is 117 cm³/mol. The number of thiophene rings is 1. The third kappa shape index (κ3) is 5.76. The van der Waals surface area contributed by atoms with Gasteiger partial charge in [0, 0.05) is 0 Å². The van der Waals surface area contributed by atoms with Crippen LogP contribution in [0.5, 0.6) is 0 Å². The van der Waals surface area contributed by atoms with E-state index in [0.29, 0.717) is 28.6 Å². The third-order valence-corrected chi connectivity index (χ3v) is 5.22. The highest BCUT2D eigenvalue weighted by Gasteiger charge is 2.22. The van der Waals surface area contributed by atoms with Gasteiger partial charge in [0.25, 0.3) is 5.91 Å². The minimum Gasteiger partial charge on any atom is -0.462 e. The molecule has 0 unspecified atom stereocenters. The maximum Gasteiger partial charge on any atom is 0.341 e. The Morgan fingerprint density at radius 1 is 1.12 bits per heavy atom. The number of ether oxygens (including phenoxy) is 2. The fourth-order valence-electron chi connectivity index (χ4n) is 2.91. The SMILES string of the molecule is CCOC(=O)c1c(CC(C)C)csc1NC(=O)COC(=O)c1ccc(-n2cnnn2)cc1. The number of aromatic nitrogens is 4. The van der Waals surface area contributed by atoms with Crippen LogP contribution in [0.2, 0.25) is 0 Å². The lowest BCUT2D eigenvalue weighted by atomic mass is 10.0. The first-order chi connectivity index (χ1) is 15.4. The molecule has 3 aromatic rings. The summed E-state index contributed by atoms with van der Waals surface area (Å²) in [5, 5.41) is 15.7. The molecule has 0 atom stereocenters. The largest absolute Gasteiger partial charge is 0.462 e. The van der Waals surface area contributed by atoms with Gasteiger partial charge in [0.15, 0.2) is 6.61 Å². The number of hydrogen-bond donors (Lipinski definition) is 1. The number of nitrogens with one attached hydrogen (secondary N) is 1. The van der Waals surface area contributed by atoms with Crippen molar-refractivity contribution in [2.75, 3.05) is 18.5 Å². The van der Waals surface area contributed by atoms with Crippen LogP contribution in [0, 0.1) is 5.92 Å². The summed E-state index contributed by atoms with van der Waals surface area (Å²) in [6.07, 6.45) is 2.11. The van der Waals surface area contributed by atoms with Gasteiger partial charge in [0.1, 0.15) is 11.3 Å². The molecule has 0 aliphatic heterocycles. The molecule has 0 fully saturated rings. The van der Waals surface area contributed by atoms with Gasteiger partial charge in [-0.2, -0.15) is 0 Å². The second-order valence-electron chi connectivity index (χ2n) is 7.21. The monoisotopic (exact) mass is 457 g/mol. The summed E-state index contributed by atoms with van der Waals surface area (Å²) in [6.45, 7) is 5.54. The number of hydrogen-bond acceptors (Lipinski definition) is 9. The Balaban J connectivity index is 1.61. The van der Waals surface area contributed by atoms with E-state index in [-0.39, 0.29) is 12.2 Å². The molecule has 1 amide bonds. The molecule has 0 aliphatic carbocycles. The molecule has 11 heteroatoms. The molecule has 1 N–H and O–H groups in total. The zero-order valence-corrected chi connectivity index (χ0v) is 18.7. The van der Waals surface area contributed by atoms with Crippen LogP contribution in [-0.2, 0) is 20.7 Å². The first-order valence-corrected chi connectivity index (χ1v) is 10.8. The fourth-order valence-corrected chi connectivity index (χ4v) is 3.89. The molecule has 0 aliphatic rings. The van der Waals surface area contributed by atoms with Crippen molar-refractivity contribution in [2.45, 2.75) is 27.2 Å². The Morgan fingerprint density at radius 2 is 1.88 bits per heavy atom. The van der Waals surface area contributed by atoms with Gasteiger partial charge in [-0.05, 0) is 64.9 Å². The van der Waals surface area contributed by atoms with E-state index in [2.05, 4.69) is 20.8 Å². The van der Waals surface area contributed by atoms with Gasteiger partial charge in [-0.1, -0.05) is 13.8 Å². The van der Waals surface area contributed by atoms with E-state index in [0.717, 1.165) is 5.56 Å². The smallest absolute Gasteiger partial charge is 0.341 e. The molecule has 2 aromatic heterocycles. The summed E-state index contributed by atoms with van der Waals surface area (Å²) in [5.74, 6) is -1.36. The first kappa shape index (κ1) is 23.1. The third-order valence-electron chi connectivity index (χ3n) is 4.28. The van der Waals surface area contributed by atoms with Gasteiger partial charge < -0.3 is 14.8 Å². The number of carbonyl (C=O) groups is 3. The molecular formula is C21H23N5O5S. The van der Waals surface area contributed by atoms with Crippen LogP contribution in [0.1, 0.15) is 47.1 Å². The van der Waals surface area contributed by atoms with Gasteiger partial charge in [0.2, 0.25) is 0 Å². The van der Waals surface area contributed by atoms with Crippen LogP contribution in [-0.4, -0.2) is 51.3 Å². The number of rotatable bonds is 9. The van der Waals surface area contributed by atoms with Crippen molar-refractivity contribution in [3.05, 3.63) is 52.7 Å². The molecule has 2 heterocycles. The number of anilines is 1. The van der Waals surface area contributed by atoms with Crippen molar-refractivity contribution in [1.82, 2.24) is 20.2 Å². The summed E-state index contributed by atoms with van der Waals surface area (Å²) in [5.41, 5.74) is 2.12. The number of benzene rings is 1. The van der Waals surface area contributed by atoms with E-state index in [1.54, 1.807) is 31.2 Å². The number of tetrazole rings is 1. The average molecular weight is 458 g/mol. The molecule has 0 radical (unpaired) electrons. The van der Waals surface area contributed by atoms with Crippen LogP contribution in [0.4, 0.5) is 5.00 Å². The summed E-state index contributed by atoms with van der Waals surface area (Å²) >= 11 is 1.24. The second kappa shape index (κ2) is 10.6. The second-order valence-corrected chi connectivity index (χ2v) is 8.09. The van der Waals surface area contributed by atoms with E-state index in [4.69, 9.17) is 9.47 Å². The standard InChI is InChI=1S/C21H23N5O5S/c1-4-30-21(29)18-15(9-13(2)3)11-32-19(18)23-17(27)10-31-20(28)14-5-7-16(8-6-14)26-12-22-24-25-26/h5-8,11-13H,4,9-10H2,1-3H3,(H,23,27). The molecular weight excluding hydrogens is 434 g/mol. The number of carbonyl (C=O) groups excluding carboxylic acids is 3. The lowest BCUT2D eigenvalue weighted by molar-refractivity contribution is -0.119. The Morgan fingerprint density at radius 3 is 2.50 bits per heavy atom. The molecule has 32 heavy (non-hydrogen) atoms. The Bertz CT molecular complexity index is 1080. The minimum atomic E-state index is -0.652. The first-order valence-electron chi connectivity index (χ1n) is 9.97. The van der Waals surface area contributed by atoms with Crippen molar-refractivity contribution in [3.8, 4) is 5.69 Å². The van der Waals surface area contributed by atoms with Crippen LogP contribution in [0.25, 0.3) is 5.69 Å². The van der Waals surface area contributed by atoms with E-state index >= 15 is 0 Å². The Hall–Kier alpha value is -3.60. The summed E-state index contributed by atoms with van der Waals surface area (Å²) in [6, 6.07) is 6.40.